The summed E-state index contributed by atoms with van der Waals surface area (Å²) in [5, 5.41) is 0. The van der Waals surface area contributed by atoms with Crippen molar-refractivity contribution in [3.8, 4) is 0 Å². The predicted molar refractivity (Wildman–Crippen MR) is 79.8 cm³/mol. The summed E-state index contributed by atoms with van der Waals surface area (Å²) >= 11 is 0. The van der Waals surface area contributed by atoms with Crippen molar-refractivity contribution < 1.29 is 9.47 Å². The van der Waals surface area contributed by atoms with Crippen LogP contribution < -0.4 is 5.73 Å². The molecule has 4 nitrogen and oxygen atoms in total. The molecule has 1 saturated carbocycles. The maximum atomic E-state index is 6.22. The van der Waals surface area contributed by atoms with Crippen molar-refractivity contribution >= 4 is 0 Å². The van der Waals surface area contributed by atoms with Gasteiger partial charge in [-0.05, 0) is 32.6 Å². The van der Waals surface area contributed by atoms with Gasteiger partial charge in [-0.1, -0.05) is 19.3 Å². The zero-order valence-electron chi connectivity index (χ0n) is 12.9. The van der Waals surface area contributed by atoms with Crippen LogP contribution in [0.25, 0.3) is 0 Å². The fraction of sp³-hybridized carbons (Fsp3) is 1.00. The highest BCUT2D eigenvalue weighted by atomic mass is 16.5. The molecule has 3 aliphatic rings. The molecule has 0 bridgehead atoms. The molecule has 1 spiro atoms. The van der Waals surface area contributed by atoms with E-state index in [1.54, 1.807) is 0 Å². The summed E-state index contributed by atoms with van der Waals surface area (Å²) in [6.45, 7) is 5.79. The molecule has 2 heterocycles. The van der Waals surface area contributed by atoms with E-state index < -0.39 is 0 Å². The first-order valence-electron chi connectivity index (χ1n) is 8.44. The number of morpholine rings is 1. The van der Waals surface area contributed by atoms with Crippen molar-refractivity contribution in [1.29, 1.82) is 0 Å². The van der Waals surface area contributed by atoms with Gasteiger partial charge in [0.15, 0.2) is 0 Å². The highest BCUT2D eigenvalue weighted by Crippen LogP contribution is 2.40. The van der Waals surface area contributed by atoms with Crippen LogP contribution in [0.4, 0.5) is 0 Å². The minimum atomic E-state index is 0.195. The second-order valence-corrected chi connectivity index (χ2v) is 7.00. The Bertz CT molecular complexity index is 312. The third-order valence-electron chi connectivity index (χ3n) is 5.37. The molecule has 1 aliphatic carbocycles. The molecule has 4 heteroatoms. The summed E-state index contributed by atoms with van der Waals surface area (Å²) in [4.78, 5) is 2.63. The lowest BCUT2D eigenvalue weighted by Crippen LogP contribution is -2.56. The molecular formula is C16H30N2O2. The Morgan fingerprint density at radius 1 is 1.20 bits per heavy atom. The lowest BCUT2D eigenvalue weighted by atomic mass is 9.78. The highest BCUT2D eigenvalue weighted by molar-refractivity contribution is 4.94. The lowest BCUT2D eigenvalue weighted by molar-refractivity contribution is -0.146. The Balaban J connectivity index is 1.63. The van der Waals surface area contributed by atoms with Crippen molar-refractivity contribution in [2.24, 2.45) is 5.73 Å². The molecule has 0 aromatic rings. The van der Waals surface area contributed by atoms with Gasteiger partial charge in [0.1, 0.15) is 0 Å². The number of hydrogen-bond donors (Lipinski definition) is 1. The molecule has 3 unspecified atom stereocenters. The predicted octanol–water partition coefficient (Wildman–Crippen LogP) is 1.92. The van der Waals surface area contributed by atoms with E-state index in [0.717, 1.165) is 19.7 Å². The van der Waals surface area contributed by atoms with E-state index in [0.29, 0.717) is 18.7 Å². The molecule has 0 aromatic heterocycles. The Morgan fingerprint density at radius 2 is 2.00 bits per heavy atom. The first kappa shape index (κ1) is 14.8. The first-order chi connectivity index (χ1) is 9.71. The van der Waals surface area contributed by atoms with E-state index in [2.05, 4.69) is 11.8 Å². The van der Waals surface area contributed by atoms with E-state index in [-0.39, 0.29) is 11.7 Å². The average Bonchev–Trinajstić information content (AvgIpc) is 2.47. The number of hydrogen-bond acceptors (Lipinski definition) is 4. The van der Waals surface area contributed by atoms with Crippen molar-refractivity contribution in [2.75, 3.05) is 26.2 Å². The Kier molecular flexibility index (Phi) is 4.65. The lowest BCUT2D eigenvalue weighted by Gasteiger charge is -2.49. The molecule has 116 valence electrons. The topological polar surface area (TPSA) is 47.7 Å². The van der Waals surface area contributed by atoms with Gasteiger partial charge in [-0.25, -0.2) is 0 Å². The summed E-state index contributed by atoms with van der Waals surface area (Å²) in [5.74, 6) is 0. The number of nitrogens with zero attached hydrogens (tertiary/aromatic N) is 1. The van der Waals surface area contributed by atoms with E-state index in [4.69, 9.17) is 15.2 Å². The van der Waals surface area contributed by atoms with Gasteiger partial charge in [-0.15, -0.1) is 0 Å². The van der Waals surface area contributed by atoms with Crippen molar-refractivity contribution in [3.05, 3.63) is 0 Å². The van der Waals surface area contributed by atoms with E-state index in [9.17, 15) is 0 Å². The molecule has 2 aliphatic heterocycles. The van der Waals surface area contributed by atoms with Crippen molar-refractivity contribution in [3.63, 3.8) is 0 Å². The molecular weight excluding hydrogens is 252 g/mol. The number of ether oxygens (including phenoxy) is 2. The first-order valence-corrected chi connectivity index (χ1v) is 8.44. The van der Waals surface area contributed by atoms with Crippen LogP contribution in [0.5, 0.6) is 0 Å². The van der Waals surface area contributed by atoms with Crippen LogP contribution in [0.15, 0.2) is 0 Å². The molecule has 3 rings (SSSR count). The normalized spacial score (nSPS) is 39.0. The summed E-state index contributed by atoms with van der Waals surface area (Å²) in [6, 6.07) is 0.669. The monoisotopic (exact) mass is 282 g/mol. The molecule has 3 atom stereocenters. The van der Waals surface area contributed by atoms with Crippen LogP contribution in [-0.2, 0) is 9.47 Å². The fourth-order valence-electron chi connectivity index (χ4n) is 4.37. The van der Waals surface area contributed by atoms with E-state index >= 15 is 0 Å². The SMILES string of the molecule is CC1CN(C2CCOC3(CCCCC3)C2)CC(CN)O1. The molecule has 0 aromatic carbocycles. The second-order valence-electron chi connectivity index (χ2n) is 7.00. The minimum Gasteiger partial charge on any atom is -0.375 e. The van der Waals surface area contributed by atoms with Crippen LogP contribution in [-0.4, -0.2) is 55.0 Å². The fourth-order valence-corrected chi connectivity index (χ4v) is 4.37. The van der Waals surface area contributed by atoms with Crippen LogP contribution in [0.3, 0.4) is 0 Å². The van der Waals surface area contributed by atoms with E-state index in [1.165, 1.54) is 44.9 Å². The standard InChI is InChI=1S/C16H30N2O2/c1-13-11-18(12-15(10-17)20-13)14-5-8-19-16(9-14)6-3-2-4-7-16/h13-15H,2-12,17H2,1H3. The summed E-state index contributed by atoms with van der Waals surface area (Å²) in [6.07, 6.45) is 9.52. The van der Waals surface area contributed by atoms with Gasteiger partial charge in [0.25, 0.3) is 0 Å². The van der Waals surface area contributed by atoms with Crippen LogP contribution in [0, 0.1) is 0 Å². The molecule has 0 amide bonds. The largest absolute Gasteiger partial charge is 0.375 e. The Labute approximate surface area is 123 Å². The molecule has 2 N–H and O–H groups in total. The molecule has 0 radical (unpaired) electrons. The van der Waals surface area contributed by atoms with Gasteiger partial charge in [0.2, 0.25) is 0 Å². The van der Waals surface area contributed by atoms with Gasteiger partial charge in [-0.3, -0.25) is 4.90 Å². The quantitative estimate of drug-likeness (QED) is 0.840. The maximum Gasteiger partial charge on any atom is 0.0828 e. The third-order valence-corrected chi connectivity index (χ3v) is 5.37. The maximum absolute atomic E-state index is 6.22. The zero-order valence-corrected chi connectivity index (χ0v) is 12.9. The Morgan fingerprint density at radius 3 is 2.75 bits per heavy atom. The van der Waals surface area contributed by atoms with Crippen LogP contribution in [0.2, 0.25) is 0 Å². The molecule has 2 saturated heterocycles. The summed E-state index contributed by atoms with van der Waals surface area (Å²) in [7, 11) is 0. The Hall–Kier alpha value is -0.160. The van der Waals surface area contributed by atoms with Gasteiger partial charge in [-0.2, -0.15) is 0 Å². The molecule has 20 heavy (non-hydrogen) atoms. The van der Waals surface area contributed by atoms with Gasteiger partial charge in [0.05, 0.1) is 17.8 Å². The van der Waals surface area contributed by atoms with Gasteiger partial charge < -0.3 is 15.2 Å². The van der Waals surface area contributed by atoms with Crippen LogP contribution >= 0.6 is 0 Å². The number of rotatable bonds is 2. The smallest absolute Gasteiger partial charge is 0.0828 e. The summed E-state index contributed by atoms with van der Waals surface area (Å²) < 4.78 is 12.1. The second kappa shape index (κ2) is 6.30. The van der Waals surface area contributed by atoms with E-state index in [1.807, 2.05) is 0 Å². The van der Waals surface area contributed by atoms with Crippen molar-refractivity contribution in [1.82, 2.24) is 4.90 Å². The number of nitrogens with two attached hydrogens (primary N) is 1. The van der Waals surface area contributed by atoms with Crippen LogP contribution in [0.1, 0.15) is 51.9 Å². The minimum absolute atomic E-state index is 0.195. The van der Waals surface area contributed by atoms with Crippen molar-refractivity contribution in [2.45, 2.75) is 75.7 Å². The molecule has 3 fully saturated rings. The van der Waals surface area contributed by atoms with Gasteiger partial charge >= 0.3 is 0 Å². The average molecular weight is 282 g/mol. The third kappa shape index (κ3) is 3.19. The highest BCUT2D eigenvalue weighted by Gasteiger charge is 2.41. The summed E-state index contributed by atoms with van der Waals surface area (Å²) in [5.41, 5.74) is 6.01. The van der Waals surface area contributed by atoms with Gasteiger partial charge in [0, 0.05) is 32.3 Å². The zero-order chi connectivity index (χ0) is 14.0.